The minimum atomic E-state index is 0.183. The second kappa shape index (κ2) is 3.05. The summed E-state index contributed by atoms with van der Waals surface area (Å²) >= 11 is 0. The summed E-state index contributed by atoms with van der Waals surface area (Å²) in [6, 6.07) is 0.858. The van der Waals surface area contributed by atoms with Gasteiger partial charge in [-0.25, -0.2) is 0 Å². The van der Waals surface area contributed by atoms with Crippen molar-refractivity contribution in [3.63, 3.8) is 0 Å². The maximum atomic E-state index is 11.5. The molecule has 2 saturated heterocycles. The van der Waals surface area contributed by atoms with Crippen LogP contribution in [-0.4, -0.2) is 28.5 Å². The fourth-order valence-electron chi connectivity index (χ4n) is 2.54. The molecule has 2 unspecified atom stereocenters. The lowest BCUT2D eigenvalue weighted by molar-refractivity contribution is -0.126. The molecule has 15 heavy (non-hydrogen) atoms. The largest absolute Gasteiger partial charge is 0.324 e. The van der Waals surface area contributed by atoms with Gasteiger partial charge in [-0.05, 0) is 19.8 Å². The minimum absolute atomic E-state index is 0.183. The molecule has 0 spiro atoms. The maximum absolute atomic E-state index is 11.5. The molecular weight excluding hydrogens is 194 g/mol. The van der Waals surface area contributed by atoms with Gasteiger partial charge in [0.15, 0.2) is 5.82 Å². The predicted octanol–water partition coefficient (Wildman–Crippen LogP) is 0.936. The number of hydrogen-bond donors (Lipinski definition) is 0. The van der Waals surface area contributed by atoms with Gasteiger partial charge in [0.05, 0.1) is 0 Å². The third kappa shape index (κ3) is 1.33. The average molecular weight is 207 g/mol. The summed E-state index contributed by atoms with van der Waals surface area (Å²) in [5, 5.41) is 3.78. The van der Waals surface area contributed by atoms with E-state index in [9.17, 15) is 4.79 Å². The van der Waals surface area contributed by atoms with E-state index in [4.69, 9.17) is 4.52 Å². The Hall–Kier alpha value is -1.39. The van der Waals surface area contributed by atoms with E-state index < -0.39 is 0 Å². The lowest BCUT2D eigenvalue weighted by Gasteiger charge is -2.43. The Kier molecular flexibility index (Phi) is 1.81. The van der Waals surface area contributed by atoms with Crippen LogP contribution in [0.2, 0.25) is 0 Å². The molecule has 5 nitrogen and oxygen atoms in total. The number of carbonyl (C=O) groups excluding carboxylic acids is 1. The molecule has 80 valence electrons. The minimum Gasteiger partial charge on any atom is -0.320 e. The highest BCUT2D eigenvalue weighted by molar-refractivity contribution is 5.85. The van der Waals surface area contributed by atoms with Crippen LogP contribution >= 0.6 is 0 Å². The molecule has 3 heterocycles. The lowest BCUT2D eigenvalue weighted by Crippen LogP contribution is -2.52. The van der Waals surface area contributed by atoms with Crippen LogP contribution in [0.15, 0.2) is 4.52 Å². The number of carbonyl (C=O) groups is 1. The Morgan fingerprint density at radius 1 is 1.47 bits per heavy atom. The highest BCUT2D eigenvalue weighted by atomic mass is 16.5. The topological polar surface area (TPSA) is 59.2 Å². The monoisotopic (exact) mass is 207 g/mol. The molecule has 0 radical (unpaired) electrons. The molecule has 1 saturated carbocycles. The first-order chi connectivity index (χ1) is 7.24. The Balaban J connectivity index is 1.87. The third-order valence-corrected chi connectivity index (χ3v) is 3.36. The van der Waals surface area contributed by atoms with Crippen molar-refractivity contribution < 1.29 is 9.32 Å². The van der Waals surface area contributed by atoms with Crippen LogP contribution in [0.4, 0.5) is 6.01 Å². The fourth-order valence-corrected chi connectivity index (χ4v) is 2.54. The third-order valence-electron chi connectivity index (χ3n) is 3.36. The number of anilines is 1. The van der Waals surface area contributed by atoms with Crippen molar-refractivity contribution in [2.75, 3.05) is 11.4 Å². The number of aryl methyl sites for hydroxylation is 1. The zero-order valence-electron chi connectivity index (χ0n) is 8.64. The molecule has 1 aliphatic carbocycles. The van der Waals surface area contributed by atoms with Gasteiger partial charge < -0.3 is 9.42 Å². The molecule has 5 heteroatoms. The fraction of sp³-hybridized carbons (Fsp3) is 0.700. The van der Waals surface area contributed by atoms with Crippen LogP contribution < -0.4 is 4.90 Å². The second-order valence-corrected chi connectivity index (χ2v) is 4.38. The summed E-state index contributed by atoms with van der Waals surface area (Å²) in [6.45, 7) is 2.56. The summed E-state index contributed by atoms with van der Waals surface area (Å²) in [6.07, 6.45) is 2.73. The van der Waals surface area contributed by atoms with Gasteiger partial charge in [0.2, 0.25) is 0 Å². The van der Waals surface area contributed by atoms with E-state index in [0.29, 0.717) is 24.0 Å². The SMILES string of the molecule is Cc1noc(N2CC3CCC2CC3=O)n1. The van der Waals surface area contributed by atoms with E-state index in [0.717, 1.165) is 19.4 Å². The van der Waals surface area contributed by atoms with Crippen LogP contribution in [0.5, 0.6) is 0 Å². The van der Waals surface area contributed by atoms with Gasteiger partial charge in [-0.2, -0.15) is 4.98 Å². The summed E-state index contributed by atoms with van der Waals surface area (Å²) < 4.78 is 5.15. The number of ketones is 1. The molecule has 3 fully saturated rings. The summed E-state index contributed by atoms with van der Waals surface area (Å²) in [5.41, 5.74) is 0. The highest BCUT2D eigenvalue weighted by Gasteiger charge is 2.41. The Bertz CT molecular complexity index is 401. The van der Waals surface area contributed by atoms with Crippen molar-refractivity contribution in [1.29, 1.82) is 0 Å². The number of rotatable bonds is 1. The van der Waals surface area contributed by atoms with E-state index in [-0.39, 0.29) is 12.0 Å². The Morgan fingerprint density at radius 2 is 2.33 bits per heavy atom. The zero-order valence-corrected chi connectivity index (χ0v) is 8.64. The zero-order chi connectivity index (χ0) is 10.4. The normalized spacial score (nSPS) is 29.9. The van der Waals surface area contributed by atoms with Crippen molar-refractivity contribution >= 4 is 11.8 Å². The molecule has 0 N–H and O–H groups in total. The first-order valence-electron chi connectivity index (χ1n) is 5.33. The second-order valence-electron chi connectivity index (χ2n) is 4.38. The van der Waals surface area contributed by atoms with Crippen LogP contribution in [-0.2, 0) is 4.79 Å². The van der Waals surface area contributed by atoms with Gasteiger partial charge in [0.1, 0.15) is 5.78 Å². The van der Waals surface area contributed by atoms with Gasteiger partial charge in [0, 0.05) is 24.9 Å². The Labute approximate surface area is 87.4 Å². The Morgan fingerprint density at radius 3 is 2.87 bits per heavy atom. The number of piperidine rings is 2. The lowest BCUT2D eigenvalue weighted by atomic mass is 9.79. The first-order valence-corrected chi connectivity index (χ1v) is 5.33. The molecule has 2 bridgehead atoms. The number of Topliss-reactive ketones (excluding diaryl/α,β-unsaturated/α-hetero) is 1. The van der Waals surface area contributed by atoms with Gasteiger partial charge >= 0.3 is 6.01 Å². The average Bonchev–Trinajstić information content (AvgIpc) is 2.65. The molecule has 1 aromatic rings. The molecule has 0 aromatic carbocycles. The van der Waals surface area contributed by atoms with Gasteiger partial charge in [-0.15, -0.1) is 0 Å². The van der Waals surface area contributed by atoms with Crippen molar-refractivity contribution in [2.24, 2.45) is 5.92 Å². The molecule has 2 atom stereocenters. The van der Waals surface area contributed by atoms with Crippen LogP contribution in [0.3, 0.4) is 0 Å². The van der Waals surface area contributed by atoms with Gasteiger partial charge in [0.25, 0.3) is 0 Å². The van der Waals surface area contributed by atoms with Crippen LogP contribution in [0.1, 0.15) is 25.1 Å². The maximum Gasteiger partial charge on any atom is 0.324 e. The summed E-state index contributed by atoms with van der Waals surface area (Å²) in [5.74, 6) is 1.23. The van der Waals surface area contributed by atoms with E-state index in [1.54, 1.807) is 6.92 Å². The molecule has 2 aliphatic heterocycles. The number of fused-ring (bicyclic) bond motifs is 3. The van der Waals surface area contributed by atoms with E-state index >= 15 is 0 Å². The smallest absolute Gasteiger partial charge is 0.320 e. The molecule has 0 amide bonds. The summed E-state index contributed by atoms with van der Waals surface area (Å²) in [4.78, 5) is 17.9. The first kappa shape index (κ1) is 8.88. The number of hydrogen-bond acceptors (Lipinski definition) is 5. The number of nitrogens with zero attached hydrogens (tertiary/aromatic N) is 3. The van der Waals surface area contributed by atoms with E-state index in [1.165, 1.54) is 0 Å². The van der Waals surface area contributed by atoms with Crippen LogP contribution in [0.25, 0.3) is 0 Å². The highest BCUT2D eigenvalue weighted by Crippen LogP contribution is 2.34. The van der Waals surface area contributed by atoms with Crippen molar-refractivity contribution in [3.8, 4) is 0 Å². The predicted molar refractivity (Wildman–Crippen MR) is 52.5 cm³/mol. The molecule has 3 aliphatic rings. The van der Waals surface area contributed by atoms with Gasteiger partial charge in [-0.3, -0.25) is 4.79 Å². The quantitative estimate of drug-likeness (QED) is 0.685. The van der Waals surface area contributed by atoms with E-state index in [2.05, 4.69) is 15.0 Å². The molecule has 1 aromatic heterocycles. The number of aromatic nitrogens is 2. The molecular formula is C10H13N3O2. The summed E-state index contributed by atoms with van der Waals surface area (Å²) in [7, 11) is 0. The van der Waals surface area contributed by atoms with Gasteiger partial charge in [-0.1, -0.05) is 5.16 Å². The van der Waals surface area contributed by atoms with Crippen molar-refractivity contribution in [1.82, 2.24) is 10.1 Å². The van der Waals surface area contributed by atoms with E-state index in [1.807, 2.05) is 0 Å². The van der Waals surface area contributed by atoms with Crippen molar-refractivity contribution in [3.05, 3.63) is 5.82 Å². The van der Waals surface area contributed by atoms with Crippen LogP contribution in [0, 0.1) is 12.8 Å². The molecule has 4 rings (SSSR count). The van der Waals surface area contributed by atoms with Crippen molar-refractivity contribution in [2.45, 2.75) is 32.2 Å². The standard InChI is InChI=1S/C10H13N3O2/c1-6-11-10(15-12-6)13-5-7-2-3-8(13)4-9(7)14/h7-8H,2-5H2,1H3.